The van der Waals surface area contributed by atoms with E-state index in [1.54, 1.807) is 17.7 Å². The minimum absolute atomic E-state index is 0.0570. The number of fused-ring (bicyclic) bond motifs is 1. The number of rotatable bonds is 3. The molecule has 0 bridgehead atoms. The summed E-state index contributed by atoms with van der Waals surface area (Å²) in [6.45, 7) is 7.41. The second kappa shape index (κ2) is 6.38. The van der Waals surface area contributed by atoms with Gasteiger partial charge >= 0.3 is 0 Å². The molecule has 2 aromatic rings. The third-order valence-corrected chi connectivity index (χ3v) is 2.90. The first-order valence-electron chi connectivity index (χ1n) is 6.36. The molecule has 1 aromatic carbocycles. The Kier molecular flexibility index (Phi) is 5.12. The molecule has 1 aromatic heterocycles. The summed E-state index contributed by atoms with van der Waals surface area (Å²) in [5, 5.41) is 10.0. The molecule has 0 amide bonds. The van der Waals surface area contributed by atoms with Gasteiger partial charge in [-0.05, 0) is 18.1 Å². The van der Waals surface area contributed by atoms with E-state index in [4.69, 9.17) is 5.73 Å². The summed E-state index contributed by atoms with van der Waals surface area (Å²) in [6.07, 6.45) is 2.27. The highest BCUT2D eigenvalue weighted by atomic mass is 19.1. The maximum atomic E-state index is 13.6. The number of benzene rings is 1. The Hall–Kier alpha value is -1.81. The molecule has 3 nitrogen and oxygen atoms in total. The zero-order chi connectivity index (χ0) is 14.6. The monoisotopic (exact) mass is 264 g/mol. The molecule has 1 heterocycles. The highest BCUT2D eigenvalue weighted by Gasteiger charge is 2.14. The van der Waals surface area contributed by atoms with Gasteiger partial charge in [0.2, 0.25) is 0 Å². The Morgan fingerprint density at radius 1 is 1.47 bits per heavy atom. The van der Waals surface area contributed by atoms with Gasteiger partial charge in [0.05, 0.1) is 11.6 Å². The summed E-state index contributed by atoms with van der Waals surface area (Å²) in [4.78, 5) is 0. The van der Waals surface area contributed by atoms with Gasteiger partial charge in [-0.25, -0.2) is 4.39 Å². The second-order valence-electron chi connectivity index (χ2n) is 4.20. The first kappa shape index (κ1) is 15.2. The van der Waals surface area contributed by atoms with Gasteiger partial charge in [-0.15, -0.1) is 0 Å². The summed E-state index contributed by atoms with van der Waals surface area (Å²) in [5.74, 6) is -0.314. The van der Waals surface area contributed by atoms with Crippen LogP contribution in [0.5, 0.6) is 0 Å². The smallest absolute Gasteiger partial charge is 0.147 e. The lowest BCUT2D eigenvalue weighted by molar-refractivity contribution is 0.369. The minimum Gasteiger partial charge on any atom is -0.511 e. The Morgan fingerprint density at radius 3 is 2.68 bits per heavy atom. The third kappa shape index (κ3) is 3.15. The molecule has 0 aliphatic rings. The molecule has 2 rings (SSSR count). The average molecular weight is 264 g/mol. The molecule has 104 valence electrons. The average Bonchev–Trinajstić information content (AvgIpc) is 2.70. The van der Waals surface area contributed by atoms with Gasteiger partial charge in [0, 0.05) is 18.6 Å². The van der Waals surface area contributed by atoms with E-state index in [1.165, 1.54) is 6.07 Å². The zero-order valence-corrected chi connectivity index (χ0v) is 11.7. The molecule has 1 atom stereocenters. The first-order chi connectivity index (χ1) is 9.00. The number of aromatic nitrogens is 1. The molecular weight excluding hydrogens is 243 g/mol. The van der Waals surface area contributed by atoms with Crippen molar-refractivity contribution in [3.63, 3.8) is 0 Å². The largest absolute Gasteiger partial charge is 0.511 e. The number of aliphatic hydroxyl groups excluding tert-OH is 1. The van der Waals surface area contributed by atoms with Crippen molar-refractivity contribution in [2.75, 3.05) is 0 Å². The quantitative estimate of drug-likeness (QED) is 0.836. The van der Waals surface area contributed by atoms with E-state index in [1.807, 2.05) is 26.1 Å². The van der Waals surface area contributed by atoms with Gasteiger partial charge in [0.1, 0.15) is 11.6 Å². The summed E-state index contributed by atoms with van der Waals surface area (Å²) < 4.78 is 15.4. The van der Waals surface area contributed by atoms with E-state index in [0.29, 0.717) is 11.9 Å². The number of aliphatic hydroxyl groups is 1. The van der Waals surface area contributed by atoms with Gasteiger partial charge in [0.15, 0.2) is 0 Å². The fraction of sp³-hybridized carbons (Fsp3) is 0.333. The SMILES string of the molecule is C=C(O)C(N)Cc1cn(C)c2c(F)cccc12.CC. The molecular formula is C15H21FN2O. The third-order valence-electron chi connectivity index (χ3n) is 2.90. The molecule has 0 saturated carbocycles. The standard InChI is InChI=1S/C13H15FN2O.C2H6/c1-8(17)12(15)6-9-7-16(2)13-10(9)4-3-5-11(13)14;1-2/h3-5,7,12,17H,1,6,15H2,2H3;1-2H3. The molecule has 1 unspecified atom stereocenters. The zero-order valence-electron chi connectivity index (χ0n) is 11.7. The normalized spacial score (nSPS) is 11.8. The van der Waals surface area contributed by atoms with Crippen molar-refractivity contribution in [2.24, 2.45) is 12.8 Å². The van der Waals surface area contributed by atoms with Gasteiger partial charge in [-0.2, -0.15) is 0 Å². The fourth-order valence-corrected chi connectivity index (χ4v) is 2.02. The van der Waals surface area contributed by atoms with E-state index in [2.05, 4.69) is 6.58 Å². The topological polar surface area (TPSA) is 51.2 Å². The van der Waals surface area contributed by atoms with Crippen LogP contribution in [0.25, 0.3) is 10.9 Å². The van der Waals surface area contributed by atoms with Crippen molar-refractivity contribution in [3.8, 4) is 0 Å². The second-order valence-corrected chi connectivity index (χ2v) is 4.20. The van der Waals surface area contributed by atoms with Crippen LogP contribution in [-0.4, -0.2) is 15.7 Å². The summed E-state index contributed by atoms with van der Waals surface area (Å²) in [6, 6.07) is 4.42. The Morgan fingerprint density at radius 2 is 2.11 bits per heavy atom. The summed E-state index contributed by atoms with van der Waals surface area (Å²) in [5.41, 5.74) is 7.20. The molecule has 0 radical (unpaired) electrons. The lowest BCUT2D eigenvalue weighted by atomic mass is 10.0. The van der Waals surface area contributed by atoms with Crippen LogP contribution in [0.1, 0.15) is 19.4 Å². The van der Waals surface area contributed by atoms with Crippen LogP contribution >= 0.6 is 0 Å². The van der Waals surface area contributed by atoms with Crippen LogP contribution in [0, 0.1) is 5.82 Å². The van der Waals surface area contributed by atoms with E-state index in [-0.39, 0.29) is 11.6 Å². The first-order valence-corrected chi connectivity index (χ1v) is 6.36. The minimum atomic E-state index is -0.524. The van der Waals surface area contributed by atoms with Gasteiger partial charge < -0.3 is 15.4 Å². The van der Waals surface area contributed by atoms with Crippen molar-refractivity contribution < 1.29 is 9.50 Å². The molecule has 3 N–H and O–H groups in total. The Labute approximate surface area is 113 Å². The van der Waals surface area contributed by atoms with Crippen LogP contribution < -0.4 is 5.73 Å². The highest BCUT2D eigenvalue weighted by Crippen LogP contribution is 2.24. The van der Waals surface area contributed by atoms with Gasteiger partial charge in [-0.1, -0.05) is 32.6 Å². The number of nitrogens with two attached hydrogens (primary N) is 1. The lowest BCUT2D eigenvalue weighted by Gasteiger charge is -2.08. The predicted molar refractivity (Wildman–Crippen MR) is 77.7 cm³/mol. The van der Waals surface area contributed by atoms with Crippen molar-refractivity contribution in [1.82, 2.24) is 4.57 Å². The summed E-state index contributed by atoms with van der Waals surface area (Å²) >= 11 is 0. The lowest BCUT2D eigenvalue weighted by Crippen LogP contribution is -2.24. The van der Waals surface area contributed by atoms with E-state index in [0.717, 1.165) is 10.9 Å². The summed E-state index contributed by atoms with van der Waals surface area (Å²) in [7, 11) is 1.79. The van der Waals surface area contributed by atoms with Crippen LogP contribution in [0.4, 0.5) is 4.39 Å². The van der Waals surface area contributed by atoms with Crippen molar-refractivity contribution in [2.45, 2.75) is 26.3 Å². The number of halogens is 1. The fourth-order valence-electron chi connectivity index (χ4n) is 2.02. The van der Waals surface area contributed by atoms with E-state index < -0.39 is 6.04 Å². The number of nitrogens with zero attached hydrogens (tertiary/aromatic N) is 1. The van der Waals surface area contributed by atoms with Crippen molar-refractivity contribution in [1.29, 1.82) is 0 Å². The molecule has 0 aliphatic carbocycles. The number of para-hydroxylation sites is 1. The number of hydrogen-bond acceptors (Lipinski definition) is 2. The van der Waals surface area contributed by atoms with Gasteiger partial charge in [-0.3, -0.25) is 0 Å². The molecule has 0 aliphatic heterocycles. The van der Waals surface area contributed by atoms with Crippen LogP contribution in [0.15, 0.2) is 36.7 Å². The predicted octanol–water partition coefficient (Wildman–Crippen LogP) is 3.29. The van der Waals surface area contributed by atoms with E-state index in [9.17, 15) is 9.50 Å². The van der Waals surface area contributed by atoms with Crippen LogP contribution in [0.2, 0.25) is 0 Å². The Bertz CT molecular complexity index is 575. The van der Waals surface area contributed by atoms with E-state index >= 15 is 0 Å². The maximum Gasteiger partial charge on any atom is 0.147 e. The van der Waals surface area contributed by atoms with Crippen LogP contribution in [-0.2, 0) is 13.5 Å². The molecule has 19 heavy (non-hydrogen) atoms. The Balaban J connectivity index is 0.000000861. The van der Waals surface area contributed by atoms with Crippen LogP contribution in [0.3, 0.4) is 0 Å². The van der Waals surface area contributed by atoms with Crippen molar-refractivity contribution >= 4 is 10.9 Å². The maximum absolute atomic E-state index is 13.6. The highest BCUT2D eigenvalue weighted by molar-refractivity contribution is 5.84. The van der Waals surface area contributed by atoms with Gasteiger partial charge in [0.25, 0.3) is 0 Å². The molecule has 4 heteroatoms. The molecule has 0 fully saturated rings. The molecule has 0 spiro atoms. The number of hydrogen-bond donors (Lipinski definition) is 2. The number of aryl methyl sites for hydroxylation is 1. The van der Waals surface area contributed by atoms with Crippen molar-refractivity contribution in [3.05, 3.63) is 48.1 Å². The molecule has 0 saturated heterocycles.